The summed E-state index contributed by atoms with van der Waals surface area (Å²) in [5.74, 6) is -2.23. The average Bonchev–Trinajstić information content (AvgIpc) is 3.05. The molecule has 0 unspecified atom stereocenters. The van der Waals surface area contributed by atoms with Crippen LogP contribution in [0.1, 0.15) is 38.1 Å². The topological polar surface area (TPSA) is 108 Å². The number of rotatable bonds is 3. The van der Waals surface area contributed by atoms with Crippen LogP contribution in [0.3, 0.4) is 0 Å². The van der Waals surface area contributed by atoms with Crippen molar-refractivity contribution < 1.29 is 24.2 Å². The van der Waals surface area contributed by atoms with E-state index >= 15 is 0 Å². The number of methoxy groups -OCH3 is 1. The Bertz CT molecular complexity index is 1150. The molecule has 28 heavy (non-hydrogen) atoms. The zero-order valence-electron chi connectivity index (χ0n) is 14.7. The van der Waals surface area contributed by atoms with Crippen LogP contribution < -0.4 is 5.56 Å². The number of hydrogen-bond donors (Lipinski definition) is 1. The number of benzene rings is 2. The van der Waals surface area contributed by atoms with Crippen LogP contribution in [0.25, 0.3) is 5.69 Å². The smallest absolute Gasteiger partial charge is 0.362 e. The fourth-order valence-electron chi connectivity index (χ4n) is 3.11. The Morgan fingerprint density at radius 3 is 2.50 bits per heavy atom. The number of aromatic hydroxyl groups is 1. The molecule has 1 aliphatic rings. The molecule has 0 bridgehead atoms. The summed E-state index contributed by atoms with van der Waals surface area (Å²) in [4.78, 5) is 37.5. The van der Waals surface area contributed by atoms with Crippen LogP contribution >= 0.6 is 0 Å². The zero-order chi connectivity index (χ0) is 19.8. The van der Waals surface area contributed by atoms with E-state index in [1.54, 1.807) is 54.6 Å². The van der Waals surface area contributed by atoms with Crippen molar-refractivity contribution in [3.05, 3.63) is 87.3 Å². The first kappa shape index (κ1) is 17.5. The van der Waals surface area contributed by atoms with Crippen LogP contribution in [0.15, 0.2) is 59.4 Å². The van der Waals surface area contributed by atoms with E-state index in [0.29, 0.717) is 11.3 Å². The molecular weight excluding hydrogens is 364 g/mol. The van der Waals surface area contributed by atoms with E-state index in [1.165, 1.54) is 0 Å². The second kappa shape index (κ2) is 6.66. The Morgan fingerprint density at radius 1 is 1.11 bits per heavy atom. The van der Waals surface area contributed by atoms with Gasteiger partial charge < -0.3 is 14.6 Å². The monoisotopic (exact) mass is 378 g/mol. The maximum Gasteiger partial charge on any atom is 0.362 e. The lowest BCUT2D eigenvalue weighted by molar-refractivity contribution is 0.0449. The Balaban J connectivity index is 2.01. The number of aromatic nitrogens is 2. The molecule has 0 radical (unpaired) electrons. The number of hydrogen-bond acceptors (Lipinski definition) is 7. The molecule has 3 aromatic rings. The summed E-state index contributed by atoms with van der Waals surface area (Å²) in [6, 6.07) is 14.9. The van der Waals surface area contributed by atoms with Gasteiger partial charge in [-0.15, -0.1) is 0 Å². The minimum absolute atomic E-state index is 0.266. The van der Waals surface area contributed by atoms with Gasteiger partial charge in [-0.2, -0.15) is 9.78 Å². The molecule has 1 aromatic heterocycles. The number of esters is 2. The molecule has 140 valence electrons. The van der Waals surface area contributed by atoms with Crippen molar-refractivity contribution in [2.45, 2.75) is 6.10 Å². The minimum Gasteiger partial charge on any atom is -0.505 e. The Morgan fingerprint density at radius 2 is 1.79 bits per heavy atom. The fraction of sp³-hybridized carbons (Fsp3) is 0.100. The number of cyclic esters (lactones) is 1. The molecular formula is C20H14N2O6. The number of nitrogens with zero attached hydrogens (tertiary/aromatic N) is 2. The highest BCUT2D eigenvalue weighted by molar-refractivity contribution is 5.95. The molecule has 0 spiro atoms. The van der Waals surface area contributed by atoms with Gasteiger partial charge in [0.2, 0.25) is 5.69 Å². The van der Waals surface area contributed by atoms with Gasteiger partial charge in [-0.1, -0.05) is 36.4 Å². The summed E-state index contributed by atoms with van der Waals surface area (Å²) in [7, 11) is 1.13. The van der Waals surface area contributed by atoms with Gasteiger partial charge in [0, 0.05) is 5.56 Å². The second-order valence-electron chi connectivity index (χ2n) is 6.03. The molecule has 8 heteroatoms. The third-order valence-electron chi connectivity index (χ3n) is 4.43. The number of fused-ring (bicyclic) bond motifs is 1. The standard InChI is InChI=1S/C20H14N2O6/c1-27-20(26)15-16(23)14(17-12-9-5-6-10-13(12)19(25)28-17)18(24)22(21-15)11-7-3-2-4-8-11/h2-10,17,23H,1H3/t17-/m1/s1. The Kier molecular flexibility index (Phi) is 4.15. The van der Waals surface area contributed by atoms with Crippen LogP contribution in [-0.4, -0.2) is 33.9 Å². The molecule has 8 nitrogen and oxygen atoms in total. The van der Waals surface area contributed by atoms with E-state index < -0.39 is 35.0 Å². The number of ether oxygens (including phenoxy) is 2. The van der Waals surface area contributed by atoms with Gasteiger partial charge in [-0.25, -0.2) is 9.59 Å². The molecule has 0 fully saturated rings. The molecule has 0 amide bonds. The van der Waals surface area contributed by atoms with Crippen molar-refractivity contribution >= 4 is 11.9 Å². The van der Waals surface area contributed by atoms with Gasteiger partial charge in [0.1, 0.15) is 5.56 Å². The highest BCUT2D eigenvalue weighted by Crippen LogP contribution is 2.38. The zero-order valence-corrected chi connectivity index (χ0v) is 14.7. The minimum atomic E-state index is -1.17. The molecule has 4 rings (SSSR count). The predicted octanol–water partition coefficient (Wildman–Crippen LogP) is 1.98. The first-order chi connectivity index (χ1) is 13.5. The second-order valence-corrected chi connectivity index (χ2v) is 6.03. The van der Waals surface area contributed by atoms with Gasteiger partial charge in [-0.3, -0.25) is 4.79 Å². The SMILES string of the molecule is COC(=O)c1nn(-c2ccccc2)c(=O)c([C@@H]2OC(=O)c3ccccc32)c1O. The summed E-state index contributed by atoms with van der Waals surface area (Å²) in [5, 5.41) is 14.6. The molecule has 0 aliphatic carbocycles. The van der Waals surface area contributed by atoms with Crippen molar-refractivity contribution in [2.24, 2.45) is 0 Å². The largest absolute Gasteiger partial charge is 0.505 e. The van der Waals surface area contributed by atoms with Crippen molar-refractivity contribution in [3.63, 3.8) is 0 Å². The third kappa shape index (κ3) is 2.62. The van der Waals surface area contributed by atoms with E-state index in [0.717, 1.165) is 11.8 Å². The molecule has 2 heterocycles. The quantitative estimate of drug-likeness (QED) is 0.694. The molecule has 0 saturated heterocycles. The summed E-state index contributed by atoms with van der Waals surface area (Å²) >= 11 is 0. The van der Waals surface area contributed by atoms with E-state index in [4.69, 9.17) is 4.74 Å². The van der Waals surface area contributed by atoms with E-state index in [2.05, 4.69) is 9.84 Å². The van der Waals surface area contributed by atoms with Gasteiger partial charge in [0.25, 0.3) is 5.56 Å². The van der Waals surface area contributed by atoms with Gasteiger partial charge in [0.15, 0.2) is 11.9 Å². The maximum absolute atomic E-state index is 13.2. The van der Waals surface area contributed by atoms with Crippen LogP contribution in [-0.2, 0) is 9.47 Å². The van der Waals surface area contributed by atoms with E-state index in [-0.39, 0.29) is 11.1 Å². The lowest BCUT2D eigenvalue weighted by Crippen LogP contribution is -2.29. The normalized spacial score (nSPS) is 15.0. The van der Waals surface area contributed by atoms with Gasteiger partial charge in [-0.05, 0) is 18.2 Å². The lowest BCUT2D eigenvalue weighted by atomic mass is 9.99. The van der Waals surface area contributed by atoms with Gasteiger partial charge >= 0.3 is 11.9 Å². The van der Waals surface area contributed by atoms with Crippen molar-refractivity contribution in [2.75, 3.05) is 7.11 Å². The highest BCUT2D eigenvalue weighted by atomic mass is 16.6. The average molecular weight is 378 g/mol. The predicted molar refractivity (Wildman–Crippen MR) is 96.5 cm³/mol. The van der Waals surface area contributed by atoms with E-state index in [1.807, 2.05) is 0 Å². The van der Waals surface area contributed by atoms with Crippen molar-refractivity contribution in [1.29, 1.82) is 0 Å². The molecule has 2 aromatic carbocycles. The summed E-state index contributed by atoms with van der Waals surface area (Å²) < 4.78 is 11.0. The first-order valence-corrected chi connectivity index (χ1v) is 8.32. The highest BCUT2D eigenvalue weighted by Gasteiger charge is 2.38. The Hall–Kier alpha value is -3.94. The van der Waals surface area contributed by atoms with Gasteiger partial charge in [0.05, 0.1) is 18.4 Å². The maximum atomic E-state index is 13.2. The van der Waals surface area contributed by atoms with Crippen LogP contribution in [0.4, 0.5) is 0 Å². The number of para-hydroxylation sites is 1. The number of carbonyl (C=O) groups excluding carboxylic acids is 2. The third-order valence-corrected chi connectivity index (χ3v) is 4.43. The lowest BCUT2D eigenvalue weighted by Gasteiger charge is -2.16. The Labute approximate surface area is 158 Å². The van der Waals surface area contributed by atoms with Crippen LogP contribution in [0, 0.1) is 0 Å². The first-order valence-electron chi connectivity index (χ1n) is 8.32. The summed E-state index contributed by atoms with van der Waals surface area (Å²) in [5.41, 5.74) is -0.364. The number of carbonyl (C=O) groups is 2. The summed E-state index contributed by atoms with van der Waals surface area (Å²) in [6.45, 7) is 0. The summed E-state index contributed by atoms with van der Waals surface area (Å²) in [6.07, 6.45) is -1.17. The van der Waals surface area contributed by atoms with E-state index in [9.17, 15) is 19.5 Å². The molecule has 0 saturated carbocycles. The van der Waals surface area contributed by atoms with Crippen molar-refractivity contribution in [1.82, 2.24) is 9.78 Å². The molecule has 1 aliphatic heterocycles. The van der Waals surface area contributed by atoms with Crippen LogP contribution in [0.2, 0.25) is 0 Å². The molecule has 1 atom stereocenters. The fourth-order valence-corrected chi connectivity index (χ4v) is 3.11. The van der Waals surface area contributed by atoms with Crippen LogP contribution in [0.5, 0.6) is 5.75 Å². The molecule has 1 N–H and O–H groups in total. The van der Waals surface area contributed by atoms with Crippen molar-refractivity contribution in [3.8, 4) is 11.4 Å².